The van der Waals surface area contributed by atoms with Crippen LogP contribution in [0.1, 0.15) is 58.3 Å². The van der Waals surface area contributed by atoms with Gasteiger partial charge in [0.05, 0.1) is 0 Å². The lowest BCUT2D eigenvalue weighted by molar-refractivity contribution is -0.154. The van der Waals surface area contributed by atoms with E-state index < -0.39 is 17.9 Å². The van der Waals surface area contributed by atoms with E-state index in [1.165, 1.54) is 25.7 Å². The molecule has 0 aromatic rings. The highest BCUT2D eigenvalue weighted by Crippen LogP contribution is 2.13. The molecule has 0 rings (SSSR count). The SMILES string of the molecule is CCCCCCCCCC(C(=O)O)C(=O)O.[Mg]. The van der Waals surface area contributed by atoms with Gasteiger partial charge < -0.3 is 10.2 Å². The van der Waals surface area contributed by atoms with Crippen LogP contribution in [-0.4, -0.2) is 45.2 Å². The van der Waals surface area contributed by atoms with E-state index in [1.54, 1.807) is 0 Å². The minimum atomic E-state index is -1.23. The zero-order chi connectivity index (χ0) is 12.4. The molecule has 0 saturated heterocycles. The van der Waals surface area contributed by atoms with Crippen molar-refractivity contribution in [3.63, 3.8) is 0 Å². The molecule has 0 aromatic heterocycles. The second-order valence-electron chi connectivity index (χ2n) is 4.14. The van der Waals surface area contributed by atoms with Crippen molar-refractivity contribution in [2.75, 3.05) is 0 Å². The van der Waals surface area contributed by atoms with E-state index in [1.807, 2.05) is 0 Å². The molecule has 0 fully saturated rings. The number of aliphatic carboxylic acids is 2. The second kappa shape index (κ2) is 12.2. The molecule has 0 spiro atoms. The number of carboxylic acids is 2. The first kappa shape index (κ1) is 19.1. The van der Waals surface area contributed by atoms with E-state index in [2.05, 4.69) is 6.92 Å². The van der Waals surface area contributed by atoms with Crippen molar-refractivity contribution in [1.29, 1.82) is 0 Å². The Balaban J connectivity index is 0. The number of hydrogen-bond acceptors (Lipinski definition) is 2. The lowest BCUT2D eigenvalue weighted by Gasteiger charge is -2.06. The number of carboxylic acid groups (broad SMARTS) is 2. The fourth-order valence-corrected chi connectivity index (χ4v) is 1.66. The largest absolute Gasteiger partial charge is 0.481 e. The van der Waals surface area contributed by atoms with Crippen LogP contribution in [-0.2, 0) is 9.59 Å². The van der Waals surface area contributed by atoms with Gasteiger partial charge in [0.2, 0.25) is 0 Å². The summed E-state index contributed by atoms with van der Waals surface area (Å²) in [6.45, 7) is 2.16. The molecule has 0 aliphatic heterocycles. The normalized spacial score (nSPS) is 10.0. The summed E-state index contributed by atoms with van der Waals surface area (Å²) in [5.41, 5.74) is 0. The Morgan fingerprint density at radius 1 is 0.882 bits per heavy atom. The standard InChI is InChI=1S/C12H22O4.Mg/c1-2-3-4-5-6-7-8-9-10(11(13)14)12(15)16;/h10H,2-9H2,1H3,(H,13,14)(H,15,16);. The van der Waals surface area contributed by atoms with Gasteiger partial charge in [0.25, 0.3) is 0 Å². The zero-order valence-corrected chi connectivity index (χ0v) is 12.1. The van der Waals surface area contributed by atoms with Gasteiger partial charge in [-0.1, -0.05) is 51.9 Å². The maximum absolute atomic E-state index is 10.6. The third-order valence-corrected chi connectivity index (χ3v) is 2.69. The Bertz CT molecular complexity index is 205. The van der Waals surface area contributed by atoms with Crippen molar-refractivity contribution in [2.45, 2.75) is 58.3 Å². The average molecular weight is 255 g/mol. The van der Waals surface area contributed by atoms with Crippen LogP contribution in [0.25, 0.3) is 0 Å². The van der Waals surface area contributed by atoms with Gasteiger partial charge in [-0.15, -0.1) is 0 Å². The number of unbranched alkanes of at least 4 members (excludes halogenated alkanes) is 6. The van der Waals surface area contributed by atoms with Gasteiger partial charge in [0.1, 0.15) is 0 Å². The van der Waals surface area contributed by atoms with Gasteiger partial charge in [0, 0.05) is 23.1 Å². The minimum absolute atomic E-state index is 0. The summed E-state index contributed by atoms with van der Waals surface area (Å²) in [5.74, 6) is -3.67. The smallest absolute Gasteiger partial charge is 0.317 e. The molecule has 17 heavy (non-hydrogen) atoms. The van der Waals surface area contributed by atoms with Gasteiger partial charge in [0.15, 0.2) is 5.92 Å². The Labute approximate surface area is 119 Å². The predicted molar refractivity (Wildman–Crippen MR) is 67.1 cm³/mol. The van der Waals surface area contributed by atoms with E-state index in [4.69, 9.17) is 10.2 Å². The third-order valence-electron chi connectivity index (χ3n) is 2.69. The van der Waals surface area contributed by atoms with Crippen molar-refractivity contribution in [3.8, 4) is 0 Å². The second-order valence-corrected chi connectivity index (χ2v) is 4.14. The Kier molecular flexibility index (Phi) is 13.6. The molecule has 0 saturated carbocycles. The fourth-order valence-electron chi connectivity index (χ4n) is 1.66. The summed E-state index contributed by atoms with van der Waals surface area (Å²) >= 11 is 0. The van der Waals surface area contributed by atoms with Gasteiger partial charge in [-0.3, -0.25) is 9.59 Å². The third kappa shape index (κ3) is 10.6. The van der Waals surface area contributed by atoms with Crippen LogP contribution in [0.2, 0.25) is 0 Å². The predicted octanol–water partition coefficient (Wildman–Crippen LogP) is 2.53. The molecule has 0 aromatic carbocycles. The van der Waals surface area contributed by atoms with E-state index in [-0.39, 0.29) is 29.5 Å². The van der Waals surface area contributed by atoms with Crippen LogP contribution in [0.15, 0.2) is 0 Å². The Morgan fingerprint density at radius 2 is 1.29 bits per heavy atom. The summed E-state index contributed by atoms with van der Waals surface area (Å²) in [5, 5.41) is 17.3. The average Bonchev–Trinajstić information content (AvgIpc) is 2.21. The fraction of sp³-hybridized carbons (Fsp3) is 0.833. The molecule has 0 unspecified atom stereocenters. The van der Waals surface area contributed by atoms with Crippen molar-refractivity contribution < 1.29 is 19.8 Å². The molecule has 0 bridgehead atoms. The van der Waals surface area contributed by atoms with Crippen molar-refractivity contribution in [1.82, 2.24) is 0 Å². The first-order valence-electron chi connectivity index (χ1n) is 6.05. The highest BCUT2D eigenvalue weighted by atomic mass is 24.3. The maximum Gasteiger partial charge on any atom is 0.317 e. The van der Waals surface area contributed by atoms with Crippen LogP contribution < -0.4 is 0 Å². The summed E-state index contributed by atoms with van der Waals surface area (Å²) in [6.07, 6.45) is 7.78. The van der Waals surface area contributed by atoms with Crippen LogP contribution >= 0.6 is 0 Å². The molecule has 0 atom stereocenters. The summed E-state index contributed by atoms with van der Waals surface area (Å²) in [7, 11) is 0. The quantitative estimate of drug-likeness (QED) is 0.357. The first-order chi connectivity index (χ1) is 7.59. The summed E-state index contributed by atoms with van der Waals surface area (Å²) in [4.78, 5) is 21.1. The first-order valence-corrected chi connectivity index (χ1v) is 6.05. The molecule has 5 heteroatoms. The van der Waals surface area contributed by atoms with Crippen LogP contribution in [0, 0.1) is 5.92 Å². The van der Waals surface area contributed by atoms with Crippen molar-refractivity contribution in [2.24, 2.45) is 5.92 Å². The van der Waals surface area contributed by atoms with Gasteiger partial charge >= 0.3 is 11.9 Å². The summed E-state index contributed by atoms with van der Waals surface area (Å²) in [6, 6.07) is 0. The maximum atomic E-state index is 10.6. The highest BCUT2D eigenvalue weighted by Gasteiger charge is 2.24. The van der Waals surface area contributed by atoms with Gasteiger partial charge in [-0.2, -0.15) is 0 Å². The van der Waals surface area contributed by atoms with Crippen molar-refractivity contribution >= 4 is 35.0 Å². The number of hydrogen-bond donors (Lipinski definition) is 2. The van der Waals surface area contributed by atoms with Crippen LogP contribution in [0.3, 0.4) is 0 Å². The molecule has 0 aliphatic carbocycles. The molecule has 0 amide bonds. The van der Waals surface area contributed by atoms with E-state index in [9.17, 15) is 9.59 Å². The van der Waals surface area contributed by atoms with Crippen LogP contribution in [0.5, 0.6) is 0 Å². The molecule has 0 heterocycles. The molecule has 0 aliphatic rings. The molecule has 2 N–H and O–H groups in total. The molecular formula is C12H22MgO4. The van der Waals surface area contributed by atoms with E-state index >= 15 is 0 Å². The van der Waals surface area contributed by atoms with Crippen LogP contribution in [0.4, 0.5) is 0 Å². The molecule has 96 valence electrons. The molecular weight excluding hydrogens is 232 g/mol. The van der Waals surface area contributed by atoms with E-state index in [0.29, 0.717) is 6.42 Å². The minimum Gasteiger partial charge on any atom is -0.481 e. The summed E-state index contributed by atoms with van der Waals surface area (Å²) < 4.78 is 0. The van der Waals surface area contributed by atoms with Gasteiger partial charge in [-0.05, 0) is 6.42 Å². The van der Waals surface area contributed by atoms with Gasteiger partial charge in [-0.25, -0.2) is 0 Å². The Hall–Kier alpha value is -0.294. The zero-order valence-electron chi connectivity index (χ0n) is 10.7. The monoisotopic (exact) mass is 254 g/mol. The molecule has 2 radical (unpaired) electrons. The number of carbonyl (C=O) groups is 2. The highest BCUT2D eigenvalue weighted by molar-refractivity contribution is 5.92. The van der Waals surface area contributed by atoms with E-state index in [0.717, 1.165) is 12.8 Å². The topological polar surface area (TPSA) is 74.6 Å². The lowest BCUT2D eigenvalue weighted by atomic mass is 10.0. The Morgan fingerprint density at radius 3 is 1.71 bits per heavy atom. The number of rotatable bonds is 10. The molecule has 4 nitrogen and oxygen atoms in total. The lowest BCUT2D eigenvalue weighted by Crippen LogP contribution is -2.23. The van der Waals surface area contributed by atoms with Crippen molar-refractivity contribution in [3.05, 3.63) is 0 Å².